The standard InChI is InChI=1S/C13H22N4O2S/c1-13(2)11(18)15-4-6-17(13)12-16-9-10(20-12)8-14-5-7-19-3/h9,14H,4-8H2,1-3H3,(H,15,18). The van der Waals surface area contributed by atoms with E-state index in [1.807, 2.05) is 20.0 Å². The fraction of sp³-hybridized carbons (Fsp3) is 0.692. The van der Waals surface area contributed by atoms with Gasteiger partial charge in [-0.05, 0) is 13.8 Å². The lowest BCUT2D eigenvalue weighted by atomic mass is 10.00. The van der Waals surface area contributed by atoms with E-state index in [1.54, 1.807) is 18.4 Å². The average Bonchev–Trinajstić information content (AvgIpc) is 2.86. The molecule has 0 aliphatic carbocycles. The van der Waals surface area contributed by atoms with Gasteiger partial charge < -0.3 is 20.3 Å². The molecule has 0 bridgehead atoms. The summed E-state index contributed by atoms with van der Waals surface area (Å²) in [6.07, 6.45) is 1.88. The summed E-state index contributed by atoms with van der Waals surface area (Å²) in [5.41, 5.74) is -0.545. The topological polar surface area (TPSA) is 66.5 Å². The number of thiazole rings is 1. The first kappa shape index (κ1) is 15.2. The van der Waals surface area contributed by atoms with Crippen LogP contribution in [0.1, 0.15) is 18.7 Å². The van der Waals surface area contributed by atoms with E-state index in [-0.39, 0.29) is 5.91 Å². The van der Waals surface area contributed by atoms with Crippen LogP contribution < -0.4 is 15.5 Å². The summed E-state index contributed by atoms with van der Waals surface area (Å²) in [5.74, 6) is 0.0544. The number of hydrogen-bond donors (Lipinski definition) is 2. The summed E-state index contributed by atoms with van der Waals surface area (Å²) in [4.78, 5) is 19.7. The van der Waals surface area contributed by atoms with Crippen molar-refractivity contribution in [2.75, 3.05) is 38.3 Å². The van der Waals surface area contributed by atoms with Crippen molar-refractivity contribution >= 4 is 22.4 Å². The average molecular weight is 298 g/mol. The third kappa shape index (κ3) is 3.28. The summed E-state index contributed by atoms with van der Waals surface area (Å²) in [6, 6.07) is 0. The minimum atomic E-state index is -0.545. The van der Waals surface area contributed by atoms with Crippen molar-refractivity contribution in [3.63, 3.8) is 0 Å². The van der Waals surface area contributed by atoms with Crippen molar-refractivity contribution in [3.8, 4) is 0 Å². The Morgan fingerprint density at radius 1 is 1.60 bits per heavy atom. The van der Waals surface area contributed by atoms with E-state index in [1.165, 1.54) is 0 Å². The van der Waals surface area contributed by atoms with E-state index < -0.39 is 5.54 Å². The third-order valence-corrected chi connectivity index (χ3v) is 4.43. The minimum Gasteiger partial charge on any atom is -0.383 e. The molecule has 112 valence electrons. The summed E-state index contributed by atoms with van der Waals surface area (Å²) in [7, 11) is 1.69. The Bertz CT molecular complexity index is 461. The molecular formula is C13H22N4O2S. The second kappa shape index (κ2) is 6.51. The molecule has 2 N–H and O–H groups in total. The predicted molar refractivity (Wildman–Crippen MR) is 80.1 cm³/mol. The summed E-state index contributed by atoms with van der Waals surface area (Å²) in [6.45, 7) is 7.62. The molecule has 1 aliphatic rings. The smallest absolute Gasteiger partial charge is 0.245 e. The number of nitrogens with zero attached hydrogens (tertiary/aromatic N) is 2. The Kier molecular flexibility index (Phi) is 4.95. The molecule has 6 nitrogen and oxygen atoms in total. The molecule has 20 heavy (non-hydrogen) atoms. The summed E-state index contributed by atoms with van der Waals surface area (Å²) in [5, 5.41) is 7.10. The van der Waals surface area contributed by atoms with E-state index in [4.69, 9.17) is 4.74 Å². The monoisotopic (exact) mass is 298 g/mol. The van der Waals surface area contributed by atoms with Gasteiger partial charge in [-0.2, -0.15) is 0 Å². The molecule has 7 heteroatoms. The number of amides is 1. The lowest BCUT2D eigenvalue weighted by Crippen LogP contribution is -2.62. The van der Waals surface area contributed by atoms with Crippen molar-refractivity contribution in [2.24, 2.45) is 0 Å². The molecule has 0 spiro atoms. The number of carbonyl (C=O) groups excluding carboxylic acids is 1. The first-order valence-corrected chi connectivity index (χ1v) is 7.57. The van der Waals surface area contributed by atoms with Crippen LogP contribution in [-0.2, 0) is 16.1 Å². The van der Waals surface area contributed by atoms with E-state index in [9.17, 15) is 4.79 Å². The van der Waals surface area contributed by atoms with Gasteiger partial charge in [0.1, 0.15) is 5.54 Å². The number of aromatic nitrogens is 1. The van der Waals surface area contributed by atoms with Gasteiger partial charge >= 0.3 is 0 Å². The maximum atomic E-state index is 11.9. The molecule has 2 heterocycles. The highest BCUT2D eigenvalue weighted by Crippen LogP contribution is 2.29. The lowest BCUT2D eigenvalue weighted by Gasteiger charge is -2.41. The second-order valence-corrected chi connectivity index (χ2v) is 6.34. The maximum Gasteiger partial charge on any atom is 0.245 e. The fourth-order valence-corrected chi connectivity index (χ4v) is 3.17. The van der Waals surface area contributed by atoms with Gasteiger partial charge in [0.2, 0.25) is 5.91 Å². The zero-order chi connectivity index (χ0) is 14.6. The molecule has 1 aromatic heterocycles. The van der Waals surface area contributed by atoms with Crippen molar-refractivity contribution in [3.05, 3.63) is 11.1 Å². The van der Waals surface area contributed by atoms with Crippen molar-refractivity contribution in [2.45, 2.75) is 25.9 Å². The summed E-state index contributed by atoms with van der Waals surface area (Å²) < 4.78 is 4.99. The number of hydrogen-bond acceptors (Lipinski definition) is 6. The van der Waals surface area contributed by atoms with Crippen LogP contribution >= 0.6 is 11.3 Å². The minimum absolute atomic E-state index is 0.0544. The van der Waals surface area contributed by atoms with E-state index in [0.717, 1.165) is 29.6 Å². The number of ether oxygens (including phenoxy) is 1. The molecule has 0 aromatic carbocycles. The SMILES string of the molecule is COCCNCc1cnc(N2CCNC(=O)C2(C)C)s1. The van der Waals surface area contributed by atoms with Crippen LogP contribution in [0.15, 0.2) is 6.20 Å². The fourth-order valence-electron chi connectivity index (χ4n) is 2.12. The zero-order valence-electron chi connectivity index (χ0n) is 12.2. The molecule has 0 atom stereocenters. The third-order valence-electron chi connectivity index (χ3n) is 3.41. The van der Waals surface area contributed by atoms with Crippen LogP contribution in [0.5, 0.6) is 0 Å². The largest absolute Gasteiger partial charge is 0.383 e. The molecule has 1 aromatic rings. The van der Waals surface area contributed by atoms with Crippen molar-refractivity contribution < 1.29 is 9.53 Å². The van der Waals surface area contributed by atoms with Crippen molar-refractivity contribution in [1.29, 1.82) is 0 Å². The number of carbonyl (C=O) groups is 1. The van der Waals surface area contributed by atoms with Crippen molar-refractivity contribution in [1.82, 2.24) is 15.6 Å². The Morgan fingerprint density at radius 2 is 2.40 bits per heavy atom. The second-order valence-electron chi connectivity index (χ2n) is 5.25. The highest BCUT2D eigenvalue weighted by molar-refractivity contribution is 7.15. The predicted octanol–water partition coefficient (Wildman–Crippen LogP) is 0.594. The van der Waals surface area contributed by atoms with Gasteiger partial charge in [0.15, 0.2) is 5.13 Å². The Morgan fingerprint density at radius 3 is 3.15 bits per heavy atom. The zero-order valence-corrected chi connectivity index (χ0v) is 13.0. The van der Waals surface area contributed by atoms with Crippen LogP contribution in [-0.4, -0.2) is 49.8 Å². The molecular weight excluding hydrogens is 276 g/mol. The van der Waals surface area contributed by atoms with Gasteiger partial charge in [0.05, 0.1) is 6.61 Å². The quantitative estimate of drug-likeness (QED) is 0.753. The van der Waals surface area contributed by atoms with Crippen LogP contribution in [0.3, 0.4) is 0 Å². The van der Waals surface area contributed by atoms with Crippen LogP contribution in [0.2, 0.25) is 0 Å². The van der Waals surface area contributed by atoms with E-state index in [2.05, 4.69) is 20.5 Å². The summed E-state index contributed by atoms with van der Waals surface area (Å²) >= 11 is 1.63. The van der Waals surface area contributed by atoms with Crippen LogP contribution in [0.4, 0.5) is 5.13 Å². The number of methoxy groups -OCH3 is 1. The molecule has 0 unspecified atom stereocenters. The molecule has 1 aliphatic heterocycles. The Hall–Kier alpha value is -1.18. The van der Waals surface area contributed by atoms with Gasteiger partial charge in [-0.25, -0.2) is 4.98 Å². The molecule has 1 amide bonds. The lowest BCUT2D eigenvalue weighted by molar-refractivity contribution is -0.126. The molecule has 1 fully saturated rings. The van der Waals surface area contributed by atoms with E-state index in [0.29, 0.717) is 13.2 Å². The first-order valence-electron chi connectivity index (χ1n) is 6.76. The molecule has 2 rings (SSSR count). The number of piperazine rings is 1. The van der Waals surface area contributed by atoms with Crippen LogP contribution in [0, 0.1) is 0 Å². The van der Waals surface area contributed by atoms with Gasteiger partial charge in [-0.1, -0.05) is 0 Å². The highest BCUT2D eigenvalue weighted by atomic mass is 32.1. The molecule has 0 radical (unpaired) electrons. The number of rotatable bonds is 6. The maximum absolute atomic E-state index is 11.9. The number of anilines is 1. The van der Waals surface area contributed by atoms with Gasteiger partial charge in [-0.15, -0.1) is 11.3 Å². The van der Waals surface area contributed by atoms with E-state index >= 15 is 0 Å². The van der Waals surface area contributed by atoms with Gasteiger partial charge in [-0.3, -0.25) is 4.79 Å². The normalized spacial score (nSPS) is 18.1. The number of nitrogens with one attached hydrogen (secondary N) is 2. The Balaban J connectivity index is 1.99. The van der Waals surface area contributed by atoms with Crippen LogP contribution in [0.25, 0.3) is 0 Å². The molecule has 1 saturated heterocycles. The first-order chi connectivity index (χ1) is 9.55. The Labute approximate surface area is 123 Å². The van der Waals surface area contributed by atoms with Gasteiger partial charge in [0.25, 0.3) is 0 Å². The highest BCUT2D eigenvalue weighted by Gasteiger charge is 2.38. The van der Waals surface area contributed by atoms with Gasteiger partial charge in [0, 0.05) is 44.4 Å². The molecule has 0 saturated carbocycles.